The molecule has 1 unspecified atom stereocenters. The van der Waals surface area contributed by atoms with Gasteiger partial charge in [0.1, 0.15) is 4.99 Å². The minimum absolute atomic E-state index is 0.285. The van der Waals surface area contributed by atoms with E-state index in [1.807, 2.05) is 0 Å². The van der Waals surface area contributed by atoms with Gasteiger partial charge in [-0.1, -0.05) is 36.5 Å². The van der Waals surface area contributed by atoms with Gasteiger partial charge in [0.15, 0.2) is 0 Å². The first kappa shape index (κ1) is 23.7. The molecule has 0 aliphatic heterocycles. The van der Waals surface area contributed by atoms with E-state index in [4.69, 9.17) is 12.2 Å². The lowest BCUT2D eigenvalue weighted by molar-refractivity contribution is -0.138. The van der Waals surface area contributed by atoms with Gasteiger partial charge in [-0.2, -0.15) is 26.3 Å². The van der Waals surface area contributed by atoms with Gasteiger partial charge < -0.3 is 5.32 Å². The zero-order chi connectivity index (χ0) is 23.4. The lowest BCUT2D eigenvalue weighted by Crippen LogP contribution is -2.28. The third-order valence-electron chi connectivity index (χ3n) is 4.92. The second-order valence-corrected chi connectivity index (χ2v) is 7.57. The molecule has 0 aliphatic carbocycles. The van der Waals surface area contributed by atoms with Crippen LogP contribution < -0.4 is 5.32 Å². The van der Waals surface area contributed by atoms with Crippen molar-refractivity contribution in [3.63, 3.8) is 0 Å². The average Bonchev–Trinajstić information content (AvgIpc) is 2.76. The smallest absolute Gasteiger partial charge is 0.375 e. The summed E-state index contributed by atoms with van der Waals surface area (Å²) in [5.74, 6) is -0.325. The van der Waals surface area contributed by atoms with Crippen molar-refractivity contribution in [2.75, 3.05) is 6.54 Å². The molecular formula is C23H18F6N2S. The molecule has 2 aromatic carbocycles. The SMILES string of the molecule is FC(F)(F)c1ccc(CC(CNC(=S)c2ccncc2)c2ccc(C(F)(F)F)cc2)cc1. The summed E-state index contributed by atoms with van der Waals surface area (Å²) in [6.45, 7) is 0.285. The van der Waals surface area contributed by atoms with Crippen molar-refractivity contribution < 1.29 is 26.3 Å². The van der Waals surface area contributed by atoms with Gasteiger partial charge in [0.05, 0.1) is 11.1 Å². The first-order valence-electron chi connectivity index (χ1n) is 9.55. The van der Waals surface area contributed by atoms with Crippen molar-refractivity contribution in [3.8, 4) is 0 Å². The highest BCUT2D eigenvalue weighted by molar-refractivity contribution is 7.80. The van der Waals surface area contributed by atoms with E-state index < -0.39 is 23.5 Å². The van der Waals surface area contributed by atoms with E-state index in [1.165, 1.54) is 24.3 Å². The number of halogens is 6. The Morgan fingerprint density at radius 1 is 0.781 bits per heavy atom. The van der Waals surface area contributed by atoms with Gasteiger partial charge in [0.25, 0.3) is 0 Å². The van der Waals surface area contributed by atoms with Crippen LogP contribution in [0.15, 0.2) is 73.1 Å². The van der Waals surface area contributed by atoms with E-state index in [9.17, 15) is 26.3 Å². The Bertz CT molecular complexity index is 1030. The van der Waals surface area contributed by atoms with Crippen LogP contribution in [0.5, 0.6) is 0 Å². The molecular weight excluding hydrogens is 450 g/mol. The number of rotatable bonds is 6. The molecule has 0 amide bonds. The van der Waals surface area contributed by atoms with Crippen LogP contribution in [-0.4, -0.2) is 16.5 Å². The predicted octanol–water partition coefficient (Wildman–Crippen LogP) is 6.41. The van der Waals surface area contributed by atoms with Crippen LogP contribution in [0.1, 0.15) is 33.7 Å². The maximum Gasteiger partial charge on any atom is 0.416 e. The molecule has 1 N–H and O–H groups in total. The third kappa shape index (κ3) is 6.29. The monoisotopic (exact) mass is 468 g/mol. The predicted molar refractivity (Wildman–Crippen MR) is 113 cm³/mol. The highest BCUT2D eigenvalue weighted by Crippen LogP contribution is 2.32. The number of aromatic nitrogens is 1. The fraction of sp³-hybridized carbons (Fsp3) is 0.217. The van der Waals surface area contributed by atoms with Gasteiger partial charge in [-0.3, -0.25) is 4.98 Å². The van der Waals surface area contributed by atoms with Crippen molar-refractivity contribution in [1.82, 2.24) is 10.3 Å². The molecule has 1 heterocycles. The number of benzene rings is 2. The summed E-state index contributed by atoms with van der Waals surface area (Å²) in [4.78, 5) is 4.36. The number of nitrogens with one attached hydrogen (secondary N) is 1. The molecule has 0 fully saturated rings. The first-order valence-corrected chi connectivity index (χ1v) is 9.96. The molecule has 168 valence electrons. The number of nitrogens with zero attached hydrogens (tertiary/aromatic N) is 1. The van der Waals surface area contributed by atoms with E-state index in [1.54, 1.807) is 24.5 Å². The molecule has 0 spiro atoms. The van der Waals surface area contributed by atoms with Gasteiger partial charge in [-0.25, -0.2) is 0 Å². The third-order valence-corrected chi connectivity index (χ3v) is 5.30. The highest BCUT2D eigenvalue weighted by Gasteiger charge is 2.31. The lowest BCUT2D eigenvalue weighted by atomic mass is 9.90. The molecule has 3 rings (SSSR count). The molecule has 32 heavy (non-hydrogen) atoms. The first-order chi connectivity index (χ1) is 15.0. The van der Waals surface area contributed by atoms with Crippen molar-refractivity contribution in [1.29, 1.82) is 0 Å². The topological polar surface area (TPSA) is 24.9 Å². The van der Waals surface area contributed by atoms with Crippen molar-refractivity contribution in [2.45, 2.75) is 24.7 Å². The molecule has 0 saturated heterocycles. The summed E-state index contributed by atoms with van der Waals surface area (Å²) in [6, 6.07) is 12.9. The van der Waals surface area contributed by atoms with E-state index >= 15 is 0 Å². The van der Waals surface area contributed by atoms with Crippen molar-refractivity contribution in [2.24, 2.45) is 0 Å². The van der Waals surface area contributed by atoms with Gasteiger partial charge in [0, 0.05) is 30.4 Å². The summed E-state index contributed by atoms with van der Waals surface area (Å²) < 4.78 is 77.2. The molecule has 0 radical (unpaired) electrons. The highest BCUT2D eigenvalue weighted by atomic mass is 32.1. The van der Waals surface area contributed by atoms with Crippen LogP contribution in [0.4, 0.5) is 26.3 Å². The second kappa shape index (κ2) is 9.68. The molecule has 0 bridgehead atoms. The minimum atomic E-state index is -4.46. The Morgan fingerprint density at radius 2 is 1.28 bits per heavy atom. The number of alkyl halides is 6. The van der Waals surface area contributed by atoms with Crippen LogP contribution in [0.2, 0.25) is 0 Å². The summed E-state index contributed by atoms with van der Waals surface area (Å²) in [5.41, 5.74) is 0.442. The Kier molecular flexibility index (Phi) is 7.18. The Balaban J connectivity index is 1.81. The normalized spacial score (nSPS) is 12.9. The standard InChI is InChI=1S/C23H18F6N2S/c24-22(25,26)19-5-1-15(2-6-19)13-18(14-31-21(32)17-9-11-30-12-10-17)16-3-7-20(8-4-16)23(27,28)29/h1-12,18H,13-14H2,(H,31,32). The zero-order valence-corrected chi connectivity index (χ0v) is 17.4. The second-order valence-electron chi connectivity index (χ2n) is 7.16. The largest absolute Gasteiger partial charge is 0.416 e. The van der Waals surface area contributed by atoms with Crippen LogP contribution in [0, 0.1) is 0 Å². The van der Waals surface area contributed by atoms with E-state index in [0.717, 1.165) is 29.8 Å². The van der Waals surface area contributed by atoms with Gasteiger partial charge >= 0.3 is 12.4 Å². The fourth-order valence-corrected chi connectivity index (χ4v) is 3.41. The molecule has 0 saturated carbocycles. The minimum Gasteiger partial charge on any atom is -0.375 e. The van der Waals surface area contributed by atoms with Gasteiger partial charge in [-0.15, -0.1) is 0 Å². The Labute approximate surface area is 186 Å². The van der Waals surface area contributed by atoms with E-state index in [-0.39, 0.29) is 12.5 Å². The number of thiocarbonyl (C=S) groups is 1. The van der Waals surface area contributed by atoms with E-state index in [0.29, 0.717) is 22.5 Å². The molecule has 1 atom stereocenters. The maximum atomic E-state index is 12.9. The molecule has 0 aliphatic rings. The maximum absolute atomic E-state index is 12.9. The number of pyridine rings is 1. The molecule has 3 aromatic rings. The molecule has 1 aromatic heterocycles. The fourth-order valence-electron chi connectivity index (χ4n) is 3.19. The summed E-state index contributed by atoms with van der Waals surface area (Å²) in [7, 11) is 0. The summed E-state index contributed by atoms with van der Waals surface area (Å²) >= 11 is 5.37. The molecule has 2 nitrogen and oxygen atoms in total. The Morgan fingerprint density at radius 3 is 1.78 bits per heavy atom. The zero-order valence-electron chi connectivity index (χ0n) is 16.5. The van der Waals surface area contributed by atoms with Crippen molar-refractivity contribution in [3.05, 3.63) is 101 Å². The van der Waals surface area contributed by atoms with Crippen LogP contribution in [-0.2, 0) is 18.8 Å². The van der Waals surface area contributed by atoms with Crippen molar-refractivity contribution >= 4 is 17.2 Å². The average molecular weight is 468 g/mol. The van der Waals surface area contributed by atoms with Crippen LogP contribution in [0.25, 0.3) is 0 Å². The van der Waals surface area contributed by atoms with Gasteiger partial charge in [-0.05, 0) is 53.9 Å². The van der Waals surface area contributed by atoms with Crippen LogP contribution in [0.3, 0.4) is 0 Å². The number of hydrogen-bond donors (Lipinski definition) is 1. The summed E-state index contributed by atoms with van der Waals surface area (Å²) in [6.07, 6.45) is -5.42. The lowest BCUT2D eigenvalue weighted by Gasteiger charge is -2.20. The summed E-state index contributed by atoms with van der Waals surface area (Å²) in [5, 5.41) is 3.10. The quantitative estimate of drug-likeness (QED) is 0.334. The molecule has 9 heteroatoms. The Hall–Kier alpha value is -2.94. The number of hydrogen-bond acceptors (Lipinski definition) is 2. The van der Waals surface area contributed by atoms with Crippen LogP contribution >= 0.6 is 12.2 Å². The van der Waals surface area contributed by atoms with E-state index in [2.05, 4.69) is 10.3 Å². The van der Waals surface area contributed by atoms with Gasteiger partial charge in [0.2, 0.25) is 0 Å².